The molecule has 4 heterocycles. The van der Waals surface area contributed by atoms with Gasteiger partial charge >= 0.3 is 6.09 Å². The highest BCUT2D eigenvalue weighted by Crippen LogP contribution is 2.27. The molecule has 0 aliphatic carbocycles. The maximum atomic E-state index is 12.5. The number of ether oxygens (including phenoxy) is 1. The fourth-order valence-electron chi connectivity index (χ4n) is 3.51. The van der Waals surface area contributed by atoms with E-state index < -0.39 is 5.60 Å². The first kappa shape index (κ1) is 19.2. The molecule has 1 aliphatic heterocycles. The molecule has 0 aromatic carbocycles. The number of fused-ring (bicyclic) bond motifs is 1. The topological polar surface area (TPSA) is 93.7 Å². The summed E-state index contributed by atoms with van der Waals surface area (Å²) >= 11 is 0. The van der Waals surface area contributed by atoms with Crippen molar-refractivity contribution >= 4 is 17.3 Å². The van der Waals surface area contributed by atoms with Gasteiger partial charge in [-0.2, -0.15) is 9.90 Å². The Bertz CT molecular complexity index is 1030. The molecule has 3 aromatic heterocycles. The number of piperazine rings is 1. The standard InChI is InChI=1S/C19H26N8O2/c1-13-11-25(8-9-26(13)18(28)29-19(2,3)4)16-10-20-27-12-14(6-7-15(16)27)17-21-23-24(5)22-17/h6-7,10,12-13H,8-9,11H2,1-5H3. The van der Waals surface area contributed by atoms with Gasteiger partial charge in [0.1, 0.15) is 5.60 Å². The molecule has 4 rings (SSSR count). The highest BCUT2D eigenvalue weighted by molar-refractivity contribution is 5.75. The number of carbonyl (C=O) groups is 1. The van der Waals surface area contributed by atoms with Crippen molar-refractivity contribution in [2.45, 2.75) is 39.3 Å². The third-order valence-electron chi connectivity index (χ3n) is 4.86. The van der Waals surface area contributed by atoms with Crippen molar-refractivity contribution in [1.29, 1.82) is 0 Å². The van der Waals surface area contributed by atoms with E-state index in [1.165, 1.54) is 4.80 Å². The van der Waals surface area contributed by atoms with Crippen molar-refractivity contribution in [3.8, 4) is 11.4 Å². The molecule has 10 nitrogen and oxygen atoms in total. The smallest absolute Gasteiger partial charge is 0.410 e. The van der Waals surface area contributed by atoms with Gasteiger partial charge in [0, 0.05) is 37.4 Å². The summed E-state index contributed by atoms with van der Waals surface area (Å²) in [5.74, 6) is 0.561. The largest absolute Gasteiger partial charge is 0.444 e. The number of pyridine rings is 1. The van der Waals surface area contributed by atoms with E-state index in [1.54, 1.807) is 11.9 Å². The number of nitrogens with zero attached hydrogens (tertiary/aromatic N) is 8. The van der Waals surface area contributed by atoms with E-state index in [4.69, 9.17) is 4.74 Å². The second kappa shape index (κ2) is 7.02. The number of aryl methyl sites for hydroxylation is 1. The van der Waals surface area contributed by atoms with Crippen LogP contribution in [0.4, 0.5) is 10.5 Å². The van der Waals surface area contributed by atoms with Crippen LogP contribution in [0.1, 0.15) is 27.7 Å². The van der Waals surface area contributed by atoms with Crippen LogP contribution in [0.5, 0.6) is 0 Å². The zero-order valence-electron chi connectivity index (χ0n) is 17.4. The maximum absolute atomic E-state index is 12.5. The summed E-state index contributed by atoms with van der Waals surface area (Å²) in [6.07, 6.45) is 3.50. The van der Waals surface area contributed by atoms with Crippen LogP contribution in [0.3, 0.4) is 0 Å². The number of amides is 1. The molecule has 0 bridgehead atoms. The highest BCUT2D eigenvalue weighted by Gasteiger charge is 2.31. The van der Waals surface area contributed by atoms with Crippen molar-refractivity contribution in [3.63, 3.8) is 0 Å². The minimum absolute atomic E-state index is 0.0385. The van der Waals surface area contributed by atoms with Crippen LogP contribution in [-0.2, 0) is 11.8 Å². The fraction of sp³-hybridized carbons (Fsp3) is 0.526. The van der Waals surface area contributed by atoms with Crippen molar-refractivity contribution in [3.05, 3.63) is 24.5 Å². The van der Waals surface area contributed by atoms with Crippen LogP contribution in [-0.4, -0.2) is 72.1 Å². The predicted molar refractivity (Wildman–Crippen MR) is 108 cm³/mol. The summed E-state index contributed by atoms with van der Waals surface area (Å²) < 4.78 is 7.36. The van der Waals surface area contributed by atoms with Gasteiger partial charge in [-0.3, -0.25) is 0 Å². The molecular weight excluding hydrogens is 372 g/mol. The number of aromatic nitrogens is 6. The first-order chi connectivity index (χ1) is 13.7. The van der Waals surface area contributed by atoms with Gasteiger partial charge in [-0.1, -0.05) is 0 Å². The molecule has 29 heavy (non-hydrogen) atoms. The molecule has 154 valence electrons. The lowest BCUT2D eigenvalue weighted by Gasteiger charge is -2.40. The second-order valence-electron chi connectivity index (χ2n) is 8.35. The average molecular weight is 398 g/mol. The SMILES string of the molecule is CC1CN(c2cnn3cc(-c4nnn(C)n4)ccc23)CCN1C(=O)OC(C)(C)C. The van der Waals surface area contributed by atoms with Gasteiger partial charge in [0.25, 0.3) is 0 Å². The molecule has 0 radical (unpaired) electrons. The van der Waals surface area contributed by atoms with Gasteiger partial charge in [0.05, 0.1) is 24.4 Å². The summed E-state index contributed by atoms with van der Waals surface area (Å²) in [4.78, 5) is 17.9. The molecule has 0 N–H and O–H groups in total. The minimum Gasteiger partial charge on any atom is -0.444 e. The number of hydrogen-bond donors (Lipinski definition) is 0. The third-order valence-corrected chi connectivity index (χ3v) is 4.86. The van der Waals surface area contributed by atoms with E-state index in [0.29, 0.717) is 18.9 Å². The summed E-state index contributed by atoms with van der Waals surface area (Å²) in [7, 11) is 1.74. The van der Waals surface area contributed by atoms with Crippen LogP contribution in [0.2, 0.25) is 0 Å². The van der Waals surface area contributed by atoms with Crippen LogP contribution < -0.4 is 4.90 Å². The van der Waals surface area contributed by atoms with Gasteiger partial charge in [0.2, 0.25) is 5.82 Å². The number of rotatable bonds is 2. The lowest BCUT2D eigenvalue weighted by molar-refractivity contribution is 0.0159. The minimum atomic E-state index is -0.494. The molecule has 1 saturated heterocycles. The molecule has 1 aliphatic rings. The average Bonchev–Trinajstić information content (AvgIpc) is 3.25. The molecular formula is C19H26N8O2. The molecule has 3 aromatic rings. The van der Waals surface area contributed by atoms with Crippen LogP contribution in [0.25, 0.3) is 16.9 Å². The monoisotopic (exact) mass is 398 g/mol. The second-order valence-corrected chi connectivity index (χ2v) is 8.35. The summed E-state index contributed by atoms with van der Waals surface area (Å²) in [5, 5.41) is 16.7. The van der Waals surface area contributed by atoms with Crippen LogP contribution in [0.15, 0.2) is 24.5 Å². The Kier molecular flexibility index (Phi) is 4.64. The number of anilines is 1. The molecule has 1 fully saturated rings. The quantitative estimate of drug-likeness (QED) is 0.651. The summed E-state index contributed by atoms with van der Waals surface area (Å²) in [6, 6.07) is 4.02. The van der Waals surface area contributed by atoms with Crippen LogP contribution in [0, 0.1) is 0 Å². The lowest BCUT2D eigenvalue weighted by Crippen LogP contribution is -2.55. The Hall–Kier alpha value is -3.17. The molecule has 0 spiro atoms. The molecule has 1 unspecified atom stereocenters. The van der Waals surface area contributed by atoms with Crippen molar-refractivity contribution in [1.82, 2.24) is 34.7 Å². The Balaban J connectivity index is 1.51. The molecule has 10 heteroatoms. The van der Waals surface area contributed by atoms with Gasteiger partial charge in [-0.15, -0.1) is 10.2 Å². The van der Waals surface area contributed by atoms with Gasteiger partial charge in [-0.25, -0.2) is 9.31 Å². The third kappa shape index (κ3) is 3.87. The Morgan fingerprint density at radius 3 is 2.69 bits per heavy atom. The normalized spacial score (nSPS) is 17.8. The lowest BCUT2D eigenvalue weighted by atomic mass is 10.1. The first-order valence-electron chi connectivity index (χ1n) is 9.67. The van der Waals surface area contributed by atoms with E-state index in [9.17, 15) is 4.79 Å². The van der Waals surface area contributed by atoms with Crippen molar-refractivity contribution in [2.24, 2.45) is 7.05 Å². The number of carbonyl (C=O) groups excluding carboxylic acids is 1. The van der Waals surface area contributed by atoms with Gasteiger partial charge in [0.15, 0.2) is 0 Å². The Morgan fingerprint density at radius 2 is 2.03 bits per heavy atom. The summed E-state index contributed by atoms with van der Waals surface area (Å²) in [6.45, 7) is 9.74. The maximum Gasteiger partial charge on any atom is 0.410 e. The fourth-order valence-corrected chi connectivity index (χ4v) is 3.51. The van der Waals surface area contributed by atoms with Crippen molar-refractivity contribution in [2.75, 3.05) is 24.5 Å². The van der Waals surface area contributed by atoms with Crippen LogP contribution >= 0.6 is 0 Å². The molecule has 0 saturated carbocycles. The molecule has 1 amide bonds. The van der Waals surface area contributed by atoms with E-state index in [-0.39, 0.29) is 12.1 Å². The number of hydrogen-bond acceptors (Lipinski definition) is 7. The number of tetrazole rings is 1. The first-order valence-corrected chi connectivity index (χ1v) is 9.67. The Morgan fingerprint density at radius 1 is 1.24 bits per heavy atom. The van der Waals surface area contributed by atoms with E-state index in [1.807, 2.05) is 56.7 Å². The predicted octanol–water partition coefficient (Wildman–Crippen LogP) is 1.97. The molecule has 1 atom stereocenters. The highest BCUT2D eigenvalue weighted by atomic mass is 16.6. The van der Waals surface area contributed by atoms with E-state index in [2.05, 4.69) is 25.4 Å². The van der Waals surface area contributed by atoms with E-state index >= 15 is 0 Å². The summed E-state index contributed by atoms with van der Waals surface area (Å²) in [5.41, 5.74) is 2.39. The van der Waals surface area contributed by atoms with E-state index in [0.717, 1.165) is 23.3 Å². The zero-order valence-corrected chi connectivity index (χ0v) is 17.4. The Labute approximate surface area is 169 Å². The van der Waals surface area contributed by atoms with Gasteiger partial charge in [-0.05, 0) is 45.0 Å². The van der Waals surface area contributed by atoms with Gasteiger partial charge < -0.3 is 14.5 Å². The van der Waals surface area contributed by atoms with Crippen molar-refractivity contribution < 1.29 is 9.53 Å². The zero-order chi connectivity index (χ0) is 20.8.